The van der Waals surface area contributed by atoms with E-state index in [1.54, 1.807) is 0 Å². The molecular formula is C46H78O8. The van der Waals surface area contributed by atoms with E-state index >= 15 is 0 Å². The predicted octanol–water partition coefficient (Wildman–Crippen LogP) is 14.1. The molecular weight excluding hydrogens is 680 g/mol. The molecule has 0 spiro atoms. The molecule has 0 saturated carbocycles. The van der Waals surface area contributed by atoms with Gasteiger partial charge in [-0.2, -0.15) is 0 Å². The molecule has 4 N–H and O–H groups in total. The van der Waals surface area contributed by atoms with E-state index in [1.165, 1.54) is 141 Å². The zero-order valence-electron chi connectivity index (χ0n) is 34.5. The fraction of sp³-hybridized carbons (Fsp3) is 0.783. The van der Waals surface area contributed by atoms with Crippen LogP contribution < -0.4 is 0 Å². The Morgan fingerprint density at radius 3 is 0.574 bits per heavy atom. The zero-order chi connectivity index (χ0) is 39.8. The SMILES string of the molecule is CCCCCCCCCCCCCCCCCCc1c(C(=O)O)c(C(=O)O)c(CCCCCCCCCCCCCCCCCC)c(C(=O)O)c1C(=O)O. The average Bonchev–Trinajstić information content (AvgIpc) is 3.13. The summed E-state index contributed by atoms with van der Waals surface area (Å²) in [7, 11) is 0. The summed E-state index contributed by atoms with van der Waals surface area (Å²) >= 11 is 0. The van der Waals surface area contributed by atoms with Crippen LogP contribution in [0, 0.1) is 0 Å². The van der Waals surface area contributed by atoms with Gasteiger partial charge in [0.2, 0.25) is 0 Å². The zero-order valence-corrected chi connectivity index (χ0v) is 34.5. The first kappa shape index (κ1) is 49.1. The molecule has 0 unspecified atom stereocenters. The van der Waals surface area contributed by atoms with Crippen LogP contribution in [0.3, 0.4) is 0 Å². The van der Waals surface area contributed by atoms with Gasteiger partial charge in [0.1, 0.15) is 0 Å². The molecule has 1 aromatic carbocycles. The van der Waals surface area contributed by atoms with Crippen molar-refractivity contribution in [1.29, 1.82) is 0 Å². The van der Waals surface area contributed by atoms with Gasteiger partial charge in [0.25, 0.3) is 0 Å². The second-order valence-corrected chi connectivity index (χ2v) is 15.8. The molecule has 0 amide bonds. The molecule has 310 valence electrons. The van der Waals surface area contributed by atoms with Gasteiger partial charge < -0.3 is 20.4 Å². The lowest BCUT2D eigenvalue weighted by Crippen LogP contribution is -2.24. The van der Waals surface area contributed by atoms with Gasteiger partial charge in [0.05, 0.1) is 22.3 Å². The van der Waals surface area contributed by atoms with Crippen molar-refractivity contribution in [2.75, 3.05) is 0 Å². The molecule has 0 aliphatic carbocycles. The Morgan fingerprint density at radius 1 is 0.278 bits per heavy atom. The quantitative estimate of drug-likeness (QED) is 0.0487. The summed E-state index contributed by atoms with van der Waals surface area (Å²) in [5.74, 6) is -6.14. The molecule has 0 aliphatic heterocycles. The highest BCUT2D eigenvalue weighted by Crippen LogP contribution is 2.33. The lowest BCUT2D eigenvalue weighted by molar-refractivity contribution is 0.0632. The third-order valence-corrected chi connectivity index (χ3v) is 11.1. The molecule has 0 radical (unpaired) electrons. The van der Waals surface area contributed by atoms with Gasteiger partial charge in [-0.05, 0) is 36.8 Å². The first-order chi connectivity index (χ1) is 26.2. The van der Waals surface area contributed by atoms with Crippen LogP contribution in [0.4, 0.5) is 0 Å². The maximum absolute atomic E-state index is 12.5. The molecule has 8 heteroatoms. The van der Waals surface area contributed by atoms with Gasteiger partial charge in [0.15, 0.2) is 0 Å². The molecule has 0 heterocycles. The molecule has 0 fully saturated rings. The summed E-state index contributed by atoms with van der Waals surface area (Å²) in [5, 5.41) is 40.8. The number of hydrogen-bond acceptors (Lipinski definition) is 4. The van der Waals surface area contributed by atoms with E-state index in [9.17, 15) is 39.6 Å². The minimum atomic E-state index is -1.54. The molecule has 0 saturated heterocycles. The largest absolute Gasteiger partial charge is 0.478 e. The van der Waals surface area contributed by atoms with Crippen molar-refractivity contribution in [3.05, 3.63) is 33.4 Å². The van der Waals surface area contributed by atoms with Crippen molar-refractivity contribution in [3.63, 3.8) is 0 Å². The van der Waals surface area contributed by atoms with Crippen molar-refractivity contribution in [2.45, 2.75) is 232 Å². The number of benzene rings is 1. The van der Waals surface area contributed by atoms with Crippen LogP contribution in [0.5, 0.6) is 0 Å². The van der Waals surface area contributed by atoms with Crippen LogP contribution in [0.1, 0.15) is 272 Å². The minimum Gasteiger partial charge on any atom is -0.478 e. The van der Waals surface area contributed by atoms with E-state index in [0.29, 0.717) is 12.8 Å². The Balaban J connectivity index is 2.64. The van der Waals surface area contributed by atoms with Crippen LogP contribution in [-0.2, 0) is 12.8 Å². The standard InChI is InChI=1S/C46H78O8/c1-3-5-7-9-11-13-15-17-19-21-23-25-27-29-31-33-35-37-39(43(47)48)41(45(51)52)38(42(46(53)54)40(37)44(49)50)36-34-32-30-28-26-24-22-20-18-16-14-12-10-8-6-4-2/h3-36H2,1-2H3,(H,47,48)(H,49,50)(H,51,52)(H,53,54). The Kier molecular flexibility index (Phi) is 29.4. The number of carboxylic acid groups (broad SMARTS) is 4. The maximum Gasteiger partial charge on any atom is 0.336 e. The first-order valence-corrected chi connectivity index (χ1v) is 22.3. The molecule has 0 aliphatic rings. The Bertz CT molecular complexity index is 1050. The summed E-state index contributed by atoms with van der Waals surface area (Å²) in [6, 6.07) is 0. The van der Waals surface area contributed by atoms with E-state index in [0.717, 1.165) is 51.4 Å². The summed E-state index contributed by atoms with van der Waals surface area (Å²) in [5.41, 5.74) is -2.67. The highest BCUT2D eigenvalue weighted by Gasteiger charge is 2.35. The number of carbonyl (C=O) groups is 4. The molecule has 1 rings (SSSR count). The summed E-state index contributed by atoms with van der Waals surface area (Å²) in [6.07, 6.45) is 37.0. The third kappa shape index (κ3) is 21.3. The Morgan fingerprint density at radius 2 is 0.426 bits per heavy atom. The monoisotopic (exact) mass is 759 g/mol. The normalized spacial score (nSPS) is 11.3. The summed E-state index contributed by atoms with van der Waals surface area (Å²) in [6.45, 7) is 4.48. The summed E-state index contributed by atoms with van der Waals surface area (Å²) in [4.78, 5) is 50.2. The highest BCUT2D eigenvalue weighted by atomic mass is 16.4. The summed E-state index contributed by atoms with van der Waals surface area (Å²) < 4.78 is 0. The van der Waals surface area contributed by atoms with E-state index in [1.807, 2.05) is 0 Å². The van der Waals surface area contributed by atoms with Crippen molar-refractivity contribution < 1.29 is 39.6 Å². The topological polar surface area (TPSA) is 149 Å². The van der Waals surface area contributed by atoms with Gasteiger partial charge in [-0.25, -0.2) is 19.2 Å². The molecule has 1 aromatic rings. The van der Waals surface area contributed by atoms with Gasteiger partial charge in [-0.15, -0.1) is 0 Å². The number of hydrogen-bond donors (Lipinski definition) is 4. The highest BCUT2D eigenvalue weighted by molar-refractivity contribution is 6.12. The van der Waals surface area contributed by atoms with Crippen LogP contribution in [-0.4, -0.2) is 44.3 Å². The predicted molar refractivity (Wildman–Crippen MR) is 221 cm³/mol. The number of unbranched alkanes of at least 4 members (excludes halogenated alkanes) is 30. The van der Waals surface area contributed by atoms with Gasteiger partial charge >= 0.3 is 23.9 Å². The first-order valence-electron chi connectivity index (χ1n) is 22.3. The molecule has 0 bridgehead atoms. The van der Waals surface area contributed by atoms with E-state index in [2.05, 4.69) is 13.8 Å². The molecule has 54 heavy (non-hydrogen) atoms. The van der Waals surface area contributed by atoms with Crippen LogP contribution in [0.2, 0.25) is 0 Å². The number of carboxylic acids is 4. The second kappa shape index (κ2) is 32.4. The second-order valence-electron chi connectivity index (χ2n) is 15.8. The number of rotatable bonds is 38. The smallest absolute Gasteiger partial charge is 0.336 e. The van der Waals surface area contributed by atoms with Gasteiger partial charge in [-0.3, -0.25) is 0 Å². The van der Waals surface area contributed by atoms with E-state index < -0.39 is 46.1 Å². The molecule has 0 aromatic heterocycles. The van der Waals surface area contributed by atoms with Crippen molar-refractivity contribution in [2.24, 2.45) is 0 Å². The van der Waals surface area contributed by atoms with E-state index in [4.69, 9.17) is 0 Å². The van der Waals surface area contributed by atoms with Crippen LogP contribution in [0.25, 0.3) is 0 Å². The minimum absolute atomic E-state index is 0.00159. The lowest BCUT2D eigenvalue weighted by atomic mass is 9.82. The van der Waals surface area contributed by atoms with Crippen molar-refractivity contribution >= 4 is 23.9 Å². The molecule has 0 atom stereocenters. The Labute approximate surface area is 328 Å². The Hall–Kier alpha value is -2.90. The van der Waals surface area contributed by atoms with Crippen LogP contribution in [0.15, 0.2) is 0 Å². The number of aromatic carboxylic acids is 4. The van der Waals surface area contributed by atoms with Crippen LogP contribution >= 0.6 is 0 Å². The van der Waals surface area contributed by atoms with Gasteiger partial charge in [0, 0.05) is 0 Å². The van der Waals surface area contributed by atoms with Crippen molar-refractivity contribution in [1.82, 2.24) is 0 Å². The maximum atomic E-state index is 12.5. The fourth-order valence-corrected chi connectivity index (χ4v) is 8.00. The lowest BCUT2D eigenvalue weighted by Gasteiger charge is -2.20. The molecule has 8 nitrogen and oxygen atoms in total. The third-order valence-electron chi connectivity index (χ3n) is 11.1. The van der Waals surface area contributed by atoms with Crippen molar-refractivity contribution in [3.8, 4) is 0 Å². The van der Waals surface area contributed by atoms with E-state index in [-0.39, 0.29) is 24.0 Å². The van der Waals surface area contributed by atoms with Gasteiger partial charge in [-0.1, -0.05) is 206 Å². The average molecular weight is 759 g/mol. The fourth-order valence-electron chi connectivity index (χ4n) is 8.00.